The monoisotopic (exact) mass is 233 g/mol. The summed E-state index contributed by atoms with van der Waals surface area (Å²) >= 11 is 8.80. The van der Waals surface area contributed by atoms with Crippen LogP contribution in [0.1, 0.15) is 10.4 Å². The molecular weight excluding hydrogens is 229 g/mol. The molecule has 0 aliphatic carbocycles. The van der Waals surface area contributed by atoms with Crippen molar-refractivity contribution in [1.29, 1.82) is 0 Å². The zero-order valence-electron chi connectivity index (χ0n) is 5.47. The third-order valence-electron chi connectivity index (χ3n) is 1.19. The Morgan fingerprint density at radius 3 is 2.64 bits per heavy atom. The predicted octanol–water partition coefficient (Wildman–Crippen LogP) is 2.20. The van der Waals surface area contributed by atoms with Gasteiger partial charge in [-0.1, -0.05) is 11.6 Å². The van der Waals surface area contributed by atoms with E-state index in [2.05, 4.69) is 15.9 Å². The van der Waals surface area contributed by atoms with E-state index in [-0.39, 0.29) is 0 Å². The van der Waals surface area contributed by atoms with Gasteiger partial charge in [-0.2, -0.15) is 0 Å². The van der Waals surface area contributed by atoms with Crippen molar-refractivity contribution in [2.24, 2.45) is 5.73 Å². The number of rotatable bonds is 1. The van der Waals surface area contributed by atoms with Gasteiger partial charge in [0.25, 0.3) is 0 Å². The predicted molar refractivity (Wildman–Crippen MR) is 47.7 cm³/mol. The first-order valence-electron chi connectivity index (χ1n) is 2.86. The lowest BCUT2D eigenvalue weighted by molar-refractivity contribution is 0.0999. The van der Waals surface area contributed by atoms with Gasteiger partial charge in [0.05, 0.1) is 5.56 Å². The second-order valence-electron chi connectivity index (χ2n) is 1.99. The van der Waals surface area contributed by atoms with Crippen LogP contribution in [-0.2, 0) is 0 Å². The normalized spacial score (nSPS) is 9.64. The Balaban J connectivity index is 3.23. The molecule has 58 valence electrons. The van der Waals surface area contributed by atoms with Crippen LogP contribution in [0.5, 0.6) is 0 Å². The van der Waals surface area contributed by atoms with Gasteiger partial charge in [-0.15, -0.1) is 0 Å². The molecule has 1 aromatic carbocycles. The minimum atomic E-state index is -0.487. The van der Waals surface area contributed by atoms with Gasteiger partial charge in [0.15, 0.2) is 0 Å². The summed E-state index contributed by atoms with van der Waals surface area (Å²) in [5.74, 6) is -0.487. The molecule has 2 nitrogen and oxygen atoms in total. The Morgan fingerprint density at radius 2 is 2.18 bits per heavy atom. The van der Waals surface area contributed by atoms with E-state index < -0.39 is 5.91 Å². The first kappa shape index (κ1) is 8.56. The summed E-state index contributed by atoms with van der Waals surface area (Å²) in [6, 6.07) is 4.88. The van der Waals surface area contributed by atoms with E-state index in [9.17, 15) is 4.79 Å². The maximum atomic E-state index is 10.7. The van der Waals surface area contributed by atoms with Crippen molar-refractivity contribution in [2.45, 2.75) is 0 Å². The summed E-state index contributed by atoms with van der Waals surface area (Å²) in [5, 5.41) is 0.502. The van der Waals surface area contributed by atoms with Crippen LogP contribution in [0, 0.1) is 0 Å². The lowest BCUT2D eigenvalue weighted by atomic mass is 10.2. The largest absolute Gasteiger partial charge is 0.366 e. The zero-order valence-corrected chi connectivity index (χ0v) is 7.82. The highest BCUT2D eigenvalue weighted by Gasteiger charge is 2.05. The van der Waals surface area contributed by atoms with Crippen molar-refractivity contribution in [3.63, 3.8) is 0 Å². The molecule has 0 saturated carbocycles. The molecule has 0 bridgehead atoms. The number of primary amides is 1. The fraction of sp³-hybridized carbons (Fsp3) is 0. The van der Waals surface area contributed by atoms with Gasteiger partial charge in [-0.3, -0.25) is 4.79 Å². The van der Waals surface area contributed by atoms with Crippen LogP contribution in [0.15, 0.2) is 22.7 Å². The molecule has 0 radical (unpaired) electrons. The number of carbonyl (C=O) groups excluding carboxylic acids is 1. The maximum Gasteiger partial charge on any atom is 0.249 e. The summed E-state index contributed by atoms with van der Waals surface area (Å²) in [6.07, 6.45) is 0. The average molecular weight is 234 g/mol. The second kappa shape index (κ2) is 3.24. The van der Waals surface area contributed by atoms with Crippen molar-refractivity contribution < 1.29 is 4.79 Å². The Kier molecular flexibility index (Phi) is 2.52. The molecule has 0 unspecified atom stereocenters. The van der Waals surface area contributed by atoms with Crippen LogP contribution < -0.4 is 5.73 Å². The van der Waals surface area contributed by atoms with Gasteiger partial charge in [0, 0.05) is 9.50 Å². The standard InChI is InChI=1S/C7H5BrClNO/c8-6-2-1-4(9)3-5(6)7(10)11/h1-3H,(H2,10,11). The van der Waals surface area contributed by atoms with Crippen LogP contribution in [-0.4, -0.2) is 5.91 Å². The second-order valence-corrected chi connectivity index (χ2v) is 3.28. The fourth-order valence-electron chi connectivity index (χ4n) is 0.686. The lowest BCUT2D eigenvalue weighted by Crippen LogP contribution is -2.11. The summed E-state index contributed by atoms with van der Waals surface area (Å²) in [4.78, 5) is 10.7. The molecule has 11 heavy (non-hydrogen) atoms. The summed E-state index contributed by atoms with van der Waals surface area (Å²) in [7, 11) is 0. The van der Waals surface area contributed by atoms with E-state index >= 15 is 0 Å². The first-order chi connectivity index (χ1) is 5.11. The van der Waals surface area contributed by atoms with Crippen molar-refractivity contribution >= 4 is 33.4 Å². The molecule has 0 atom stereocenters. The maximum absolute atomic E-state index is 10.7. The summed E-state index contributed by atoms with van der Waals surface area (Å²) < 4.78 is 0.661. The minimum Gasteiger partial charge on any atom is -0.366 e. The number of benzene rings is 1. The SMILES string of the molecule is NC(=O)c1cc(Cl)ccc1Br. The summed E-state index contributed by atoms with van der Waals surface area (Å²) in [5.41, 5.74) is 5.46. The van der Waals surface area contributed by atoms with Crippen molar-refractivity contribution in [3.05, 3.63) is 33.3 Å². The number of nitrogens with two attached hydrogens (primary N) is 1. The highest BCUT2D eigenvalue weighted by molar-refractivity contribution is 9.10. The molecule has 0 saturated heterocycles. The molecule has 0 aliphatic heterocycles. The lowest BCUT2D eigenvalue weighted by Gasteiger charge is -1.98. The minimum absolute atomic E-state index is 0.400. The molecule has 0 fully saturated rings. The van der Waals surface area contributed by atoms with Crippen molar-refractivity contribution in [2.75, 3.05) is 0 Å². The molecule has 4 heteroatoms. The van der Waals surface area contributed by atoms with E-state index in [4.69, 9.17) is 17.3 Å². The van der Waals surface area contributed by atoms with Gasteiger partial charge < -0.3 is 5.73 Å². The zero-order chi connectivity index (χ0) is 8.43. The van der Waals surface area contributed by atoms with Crippen LogP contribution in [0.4, 0.5) is 0 Å². The topological polar surface area (TPSA) is 43.1 Å². The number of halogens is 2. The van der Waals surface area contributed by atoms with Crippen LogP contribution in [0.2, 0.25) is 5.02 Å². The van der Waals surface area contributed by atoms with E-state index in [0.29, 0.717) is 15.1 Å². The van der Waals surface area contributed by atoms with Gasteiger partial charge >= 0.3 is 0 Å². The Labute approximate surface area is 77.5 Å². The first-order valence-corrected chi connectivity index (χ1v) is 4.03. The van der Waals surface area contributed by atoms with Gasteiger partial charge in [0.2, 0.25) is 5.91 Å². The Bertz CT molecular complexity index is 300. The third kappa shape index (κ3) is 1.94. The van der Waals surface area contributed by atoms with Crippen molar-refractivity contribution in [3.8, 4) is 0 Å². The van der Waals surface area contributed by atoms with Crippen LogP contribution in [0.3, 0.4) is 0 Å². The number of hydrogen-bond acceptors (Lipinski definition) is 1. The van der Waals surface area contributed by atoms with Crippen LogP contribution in [0.25, 0.3) is 0 Å². The number of carbonyl (C=O) groups is 1. The number of amides is 1. The molecule has 2 N–H and O–H groups in total. The molecule has 0 heterocycles. The van der Waals surface area contributed by atoms with Gasteiger partial charge in [0.1, 0.15) is 0 Å². The molecule has 0 aromatic heterocycles. The van der Waals surface area contributed by atoms with Gasteiger partial charge in [-0.25, -0.2) is 0 Å². The number of hydrogen-bond donors (Lipinski definition) is 1. The molecule has 0 spiro atoms. The van der Waals surface area contributed by atoms with E-state index in [1.54, 1.807) is 12.1 Å². The van der Waals surface area contributed by atoms with E-state index in [1.807, 2.05) is 0 Å². The van der Waals surface area contributed by atoms with Gasteiger partial charge in [-0.05, 0) is 34.1 Å². The highest BCUT2D eigenvalue weighted by atomic mass is 79.9. The highest BCUT2D eigenvalue weighted by Crippen LogP contribution is 2.20. The fourth-order valence-corrected chi connectivity index (χ4v) is 1.30. The smallest absolute Gasteiger partial charge is 0.249 e. The van der Waals surface area contributed by atoms with Crippen LogP contribution >= 0.6 is 27.5 Å². The average Bonchev–Trinajstić information content (AvgIpc) is 1.94. The van der Waals surface area contributed by atoms with Crippen molar-refractivity contribution in [1.82, 2.24) is 0 Å². The molecule has 1 rings (SSSR count). The Hall–Kier alpha value is -0.540. The molecule has 0 aliphatic rings. The molecular formula is C7H5BrClNO. The molecule has 1 amide bonds. The van der Waals surface area contributed by atoms with E-state index in [1.165, 1.54) is 6.07 Å². The van der Waals surface area contributed by atoms with E-state index in [0.717, 1.165) is 0 Å². The third-order valence-corrected chi connectivity index (χ3v) is 2.12. The molecule has 1 aromatic rings. The summed E-state index contributed by atoms with van der Waals surface area (Å²) in [6.45, 7) is 0. The quantitative estimate of drug-likeness (QED) is 0.795. The Morgan fingerprint density at radius 1 is 1.55 bits per heavy atom.